The highest BCUT2D eigenvalue weighted by atomic mass is 32.2. The molecule has 27 heavy (non-hydrogen) atoms. The van der Waals surface area contributed by atoms with Crippen LogP contribution in [0.3, 0.4) is 0 Å². The fraction of sp³-hybridized carbons (Fsp3) is 0.316. The van der Waals surface area contributed by atoms with Crippen LogP contribution in [0.25, 0.3) is 0 Å². The van der Waals surface area contributed by atoms with Crippen molar-refractivity contribution in [2.45, 2.75) is 19.1 Å². The Morgan fingerprint density at radius 1 is 1.26 bits per heavy atom. The van der Waals surface area contributed by atoms with Crippen LogP contribution >= 0.6 is 24.0 Å². The van der Waals surface area contributed by atoms with Gasteiger partial charge in [-0.25, -0.2) is 0 Å². The van der Waals surface area contributed by atoms with Crippen molar-refractivity contribution in [2.75, 3.05) is 18.9 Å². The van der Waals surface area contributed by atoms with Crippen LogP contribution in [0.5, 0.6) is 5.75 Å². The van der Waals surface area contributed by atoms with E-state index in [1.807, 2.05) is 6.07 Å². The molecule has 2 aromatic rings. The number of hydrogen-bond acceptors (Lipinski definition) is 6. The van der Waals surface area contributed by atoms with Gasteiger partial charge in [0.15, 0.2) is 0 Å². The molecule has 1 N–H and O–H groups in total. The number of ether oxygens (including phenoxy) is 1. The highest BCUT2D eigenvalue weighted by Gasteiger charge is 2.19. The number of thioether (sulfide) groups is 1. The minimum Gasteiger partial charge on any atom is -0.491 e. The van der Waals surface area contributed by atoms with Gasteiger partial charge in [-0.15, -0.1) is 0 Å². The number of fused-ring (bicyclic) bond motifs is 1. The standard InChI is InChI=1S/C19H20N2O4S2/c22-17(12-25-18-7-5-16(6-8-18)21(23)24)13-27-19(26)20-10-9-14-3-1-2-4-15(14)11-20/h1-8,17,22H,9-13H2. The first kappa shape index (κ1) is 19.6. The number of rotatable bonds is 6. The lowest BCUT2D eigenvalue weighted by atomic mass is 10.0. The molecular weight excluding hydrogens is 384 g/mol. The van der Waals surface area contributed by atoms with E-state index in [9.17, 15) is 15.2 Å². The first-order valence-corrected chi connectivity index (χ1v) is 9.96. The molecule has 1 atom stereocenters. The van der Waals surface area contributed by atoms with Crippen molar-refractivity contribution in [1.82, 2.24) is 4.90 Å². The Morgan fingerprint density at radius 3 is 2.67 bits per heavy atom. The summed E-state index contributed by atoms with van der Waals surface area (Å²) in [4.78, 5) is 12.3. The minimum absolute atomic E-state index is 0.00640. The Hall–Kier alpha value is -2.16. The molecule has 0 bridgehead atoms. The molecule has 8 heteroatoms. The topological polar surface area (TPSA) is 75.8 Å². The molecule has 1 aliphatic heterocycles. The third-order valence-electron chi connectivity index (χ3n) is 4.28. The summed E-state index contributed by atoms with van der Waals surface area (Å²) in [6.45, 7) is 1.80. The van der Waals surface area contributed by atoms with E-state index in [4.69, 9.17) is 17.0 Å². The van der Waals surface area contributed by atoms with Crippen LogP contribution in [0.4, 0.5) is 5.69 Å². The van der Waals surface area contributed by atoms with Gasteiger partial charge in [-0.1, -0.05) is 48.2 Å². The van der Waals surface area contributed by atoms with Crippen molar-refractivity contribution < 1.29 is 14.8 Å². The SMILES string of the molecule is O=[N+]([O-])c1ccc(OCC(O)CSC(=S)N2CCc3ccccc3C2)cc1. The predicted molar refractivity (Wildman–Crippen MR) is 110 cm³/mol. The number of nitro groups is 1. The largest absolute Gasteiger partial charge is 0.491 e. The molecule has 0 aromatic heterocycles. The Bertz CT molecular complexity index is 814. The van der Waals surface area contributed by atoms with Gasteiger partial charge in [0.2, 0.25) is 0 Å². The van der Waals surface area contributed by atoms with Crippen LogP contribution < -0.4 is 4.74 Å². The normalized spacial score (nSPS) is 14.3. The molecule has 3 rings (SSSR count). The second kappa shape index (κ2) is 9.16. The molecule has 1 unspecified atom stereocenters. The van der Waals surface area contributed by atoms with Crippen molar-refractivity contribution in [2.24, 2.45) is 0 Å². The number of hydrogen-bond donors (Lipinski definition) is 1. The average Bonchev–Trinajstić information content (AvgIpc) is 2.70. The van der Waals surface area contributed by atoms with E-state index >= 15 is 0 Å². The highest BCUT2D eigenvalue weighted by molar-refractivity contribution is 8.22. The lowest BCUT2D eigenvalue weighted by molar-refractivity contribution is -0.384. The maximum Gasteiger partial charge on any atom is 0.269 e. The minimum atomic E-state index is -0.680. The molecule has 0 radical (unpaired) electrons. The fourth-order valence-electron chi connectivity index (χ4n) is 2.81. The zero-order chi connectivity index (χ0) is 19.2. The lowest BCUT2D eigenvalue weighted by Gasteiger charge is -2.30. The van der Waals surface area contributed by atoms with Gasteiger partial charge in [0.1, 0.15) is 16.7 Å². The van der Waals surface area contributed by atoms with Crippen LogP contribution in [0.1, 0.15) is 11.1 Å². The van der Waals surface area contributed by atoms with Crippen molar-refractivity contribution >= 4 is 34.0 Å². The molecule has 0 aliphatic carbocycles. The van der Waals surface area contributed by atoms with Gasteiger partial charge in [-0.05, 0) is 29.7 Å². The number of aliphatic hydroxyl groups excluding tert-OH is 1. The predicted octanol–water partition coefficient (Wildman–Crippen LogP) is 3.41. The summed E-state index contributed by atoms with van der Waals surface area (Å²) in [6.07, 6.45) is 0.295. The monoisotopic (exact) mass is 404 g/mol. The van der Waals surface area contributed by atoms with E-state index < -0.39 is 11.0 Å². The van der Waals surface area contributed by atoms with E-state index in [0.29, 0.717) is 11.5 Å². The van der Waals surface area contributed by atoms with E-state index in [1.165, 1.54) is 47.2 Å². The summed E-state index contributed by atoms with van der Waals surface area (Å²) in [7, 11) is 0. The number of nitrogens with zero attached hydrogens (tertiary/aromatic N) is 2. The second-order valence-electron chi connectivity index (χ2n) is 6.23. The molecule has 0 fully saturated rings. The smallest absolute Gasteiger partial charge is 0.269 e. The van der Waals surface area contributed by atoms with E-state index in [1.54, 1.807) is 0 Å². The molecule has 2 aromatic carbocycles. The van der Waals surface area contributed by atoms with Crippen LogP contribution in [-0.2, 0) is 13.0 Å². The van der Waals surface area contributed by atoms with E-state index in [-0.39, 0.29) is 12.3 Å². The summed E-state index contributed by atoms with van der Waals surface area (Å²) in [5.41, 5.74) is 2.68. The second-order valence-corrected chi connectivity index (χ2v) is 7.89. The Labute approximate surface area is 167 Å². The van der Waals surface area contributed by atoms with Crippen LogP contribution in [0.2, 0.25) is 0 Å². The lowest BCUT2D eigenvalue weighted by Crippen LogP contribution is -2.34. The zero-order valence-corrected chi connectivity index (χ0v) is 16.2. The Morgan fingerprint density at radius 2 is 1.96 bits per heavy atom. The molecule has 1 aliphatic rings. The van der Waals surface area contributed by atoms with E-state index in [0.717, 1.165) is 23.8 Å². The maximum atomic E-state index is 10.6. The first-order chi connectivity index (χ1) is 13.0. The van der Waals surface area contributed by atoms with Gasteiger partial charge in [-0.2, -0.15) is 0 Å². The maximum absolute atomic E-state index is 10.6. The zero-order valence-electron chi connectivity index (χ0n) is 14.6. The number of thiocarbonyl (C=S) groups is 1. The molecule has 142 valence electrons. The molecular formula is C19H20N2O4S2. The van der Waals surface area contributed by atoms with Crippen LogP contribution in [0.15, 0.2) is 48.5 Å². The third kappa shape index (κ3) is 5.41. The molecule has 6 nitrogen and oxygen atoms in total. The Balaban J connectivity index is 1.42. The first-order valence-electron chi connectivity index (χ1n) is 8.57. The van der Waals surface area contributed by atoms with Crippen LogP contribution in [-0.4, -0.2) is 44.3 Å². The van der Waals surface area contributed by atoms with Crippen molar-refractivity contribution in [3.05, 3.63) is 69.8 Å². The summed E-state index contributed by atoms with van der Waals surface area (Å²) >= 11 is 6.96. The average molecular weight is 405 g/mol. The Kier molecular flexibility index (Phi) is 6.65. The van der Waals surface area contributed by atoms with Gasteiger partial charge < -0.3 is 14.7 Å². The molecule has 1 heterocycles. The van der Waals surface area contributed by atoms with E-state index in [2.05, 4.69) is 23.1 Å². The summed E-state index contributed by atoms with van der Waals surface area (Å²) < 4.78 is 6.26. The van der Waals surface area contributed by atoms with Crippen molar-refractivity contribution in [3.8, 4) is 5.75 Å². The molecule has 0 spiro atoms. The van der Waals surface area contributed by atoms with Gasteiger partial charge in [-0.3, -0.25) is 10.1 Å². The van der Waals surface area contributed by atoms with Crippen molar-refractivity contribution in [1.29, 1.82) is 0 Å². The van der Waals surface area contributed by atoms with Gasteiger partial charge in [0, 0.05) is 31.0 Å². The quantitative estimate of drug-likeness (QED) is 0.449. The molecule has 0 saturated heterocycles. The highest BCUT2D eigenvalue weighted by Crippen LogP contribution is 2.23. The van der Waals surface area contributed by atoms with Gasteiger partial charge >= 0.3 is 0 Å². The summed E-state index contributed by atoms with van der Waals surface area (Å²) in [5, 5.41) is 20.8. The van der Waals surface area contributed by atoms with Crippen LogP contribution in [0, 0.1) is 10.1 Å². The van der Waals surface area contributed by atoms with Crippen molar-refractivity contribution in [3.63, 3.8) is 0 Å². The van der Waals surface area contributed by atoms with Gasteiger partial charge in [0.25, 0.3) is 5.69 Å². The molecule has 0 amide bonds. The molecule has 0 saturated carbocycles. The summed E-state index contributed by atoms with van der Waals surface area (Å²) in [5.74, 6) is 0.920. The third-order valence-corrected chi connectivity index (χ3v) is 5.95. The number of aliphatic hydroxyl groups is 1. The number of benzene rings is 2. The van der Waals surface area contributed by atoms with Gasteiger partial charge in [0.05, 0.1) is 11.0 Å². The number of nitro benzene ring substituents is 1. The summed E-state index contributed by atoms with van der Waals surface area (Å²) in [6, 6.07) is 14.2. The fourth-order valence-corrected chi connectivity index (χ4v) is 3.94. The number of non-ortho nitro benzene ring substituents is 1.